The van der Waals surface area contributed by atoms with E-state index in [1.54, 1.807) is 13.0 Å². The van der Waals surface area contributed by atoms with Crippen LogP contribution in [-0.4, -0.2) is 73.2 Å². The van der Waals surface area contributed by atoms with E-state index in [2.05, 4.69) is 24.5 Å². The molecule has 0 bridgehead atoms. The first-order valence-corrected chi connectivity index (χ1v) is 14.9. The molecule has 214 valence electrons. The molecule has 39 heavy (non-hydrogen) atoms. The van der Waals surface area contributed by atoms with Crippen molar-refractivity contribution in [3.63, 3.8) is 0 Å². The Morgan fingerprint density at radius 2 is 1.82 bits per heavy atom. The number of nitrogens with one attached hydrogen (secondary N) is 2. The number of hydrogen-bond acceptors (Lipinski definition) is 7. The summed E-state index contributed by atoms with van der Waals surface area (Å²) in [6.07, 6.45) is 4.53. The molecule has 2 heterocycles. The minimum Gasteiger partial charge on any atom is -0.454 e. The second-order valence-corrected chi connectivity index (χ2v) is 13.8. The van der Waals surface area contributed by atoms with Gasteiger partial charge in [0.1, 0.15) is 12.1 Å². The summed E-state index contributed by atoms with van der Waals surface area (Å²) < 4.78 is 32.5. The zero-order valence-corrected chi connectivity index (χ0v) is 23.9. The number of urea groups is 1. The Kier molecular flexibility index (Phi) is 8.09. The van der Waals surface area contributed by atoms with Crippen molar-refractivity contribution in [3.05, 3.63) is 23.8 Å². The summed E-state index contributed by atoms with van der Waals surface area (Å²) in [6, 6.07) is 3.87. The van der Waals surface area contributed by atoms with E-state index in [9.17, 15) is 27.6 Å². The van der Waals surface area contributed by atoms with Crippen molar-refractivity contribution in [2.75, 3.05) is 31.6 Å². The minimum absolute atomic E-state index is 0.0787. The molecule has 1 aromatic rings. The highest BCUT2D eigenvalue weighted by Gasteiger charge is 2.56. The molecule has 3 fully saturated rings. The van der Waals surface area contributed by atoms with Gasteiger partial charge in [-0.2, -0.15) is 4.31 Å². The average Bonchev–Trinajstić information content (AvgIpc) is 3.06. The maximum atomic E-state index is 13.2. The molecule has 1 aromatic carbocycles. The highest BCUT2D eigenvalue weighted by atomic mass is 32.2. The number of rotatable bonds is 7. The number of esters is 1. The van der Waals surface area contributed by atoms with E-state index in [0.717, 1.165) is 30.6 Å². The van der Waals surface area contributed by atoms with E-state index in [0.29, 0.717) is 37.2 Å². The molecule has 2 N–H and O–H groups in total. The molecule has 11 nitrogen and oxygen atoms in total. The van der Waals surface area contributed by atoms with Gasteiger partial charge in [0.05, 0.1) is 4.90 Å². The van der Waals surface area contributed by atoms with E-state index < -0.39 is 52.5 Å². The second kappa shape index (κ2) is 10.9. The van der Waals surface area contributed by atoms with Crippen LogP contribution in [0.3, 0.4) is 0 Å². The molecular formula is C27H38N4O7S. The van der Waals surface area contributed by atoms with Crippen LogP contribution in [-0.2, 0) is 29.1 Å². The fourth-order valence-corrected chi connectivity index (χ4v) is 7.85. The van der Waals surface area contributed by atoms with Crippen molar-refractivity contribution in [3.8, 4) is 0 Å². The Hall–Kier alpha value is -2.99. The Bertz CT molecular complexity index is 1270. The van der Waals surface area contributed by atoms with Crippen LogP contribution in [0.5, 0.6) is 0 Å². The summed E-state index contributed by atoms with van der Waals surface area (Å²) >= 11 is 0. The van der Waals surface area contributed by atoms with Gasteiger partial charge < -0.3 is 15.4 Å². The molecule has 0 aromatic heterocycles. The molecule has 4 rings (SSSR count). The van der Waals surface area contributed by atoms with Crippen molar-refractivity contribution in [1.29, 1.82) is 0 Å². The van der Waals surface area contributed by atoms with Crippen molar-refractivity contribution in [2.45, 2.75) is 76.7 Å². The van der Waals surface area contributed by atoms with Gasteiger partial charge in [0, 0.05) is 18.8 Å². The van der Waals surface area contributed by atoms with Crippen LogP contribution in [0.2, 0.25) is 0 Å². The smallest absolute Gasteiger partial charge is 0.326 e. The lowest BCUT2D eigenvalue weighted by Crippen LogP contribution is -2.54. The number of anilines is 1. The second-order valence-electron chi connectivity index (χ2n) is 11.9. The van der Waals surface area contributed by atoms with Gasteiger partial charge in [0.25, 0.3) is 11.8 Å². The molecule has 0 radical (unpaired) electrons. The van der Waals surface area contributed by atoms with Crippen molar-refractivity contribution < 1.29 is 32.3 Å². The summed E-state index contributed by atoms with van der Waals surface area (Å²) in [7, 11) is -3.69. The van der Waals surface area contributed by atoms with E-state index >= 15 is 0 Å². The molecule has 1 spiro atoms. The zero-order chi connectivity index (χ0) is 28.6. The number of piperidine rings is 1. The Morgan fingerprint density at radius 3 is 2.49 bits per heavy atom. The lowest BCUT2D eigenvalue weighted by Gasteiger charge is -2.43. The predicted molar refractivity (Wildman–Crippen MR) is 143 cm³/mol. The SMILES string of the molecule is Cc1ccc(S(=O)(=O)N2CCCCC2)cc1NC(=O)COC(=O)CN1C(=O)N[C@@]2(C[C@@H](C)CC(C)(C)C2)C1=O. The lowest BCUT2D eigenvalue weighted by atomic mass is 9.64. The Morgan fingerprint density at radius 1 is 1.13 bits per heavy atom. The van der Waals surface area contributed by atoms with Gasteiger partial charge in [-0.25, -0.2) is 13.2 Å². The molecule has 1 saturated carbocycles. The number of sulfonamides is 1. The van der Waals surface area contributed by atoms with Crippen molar-refractivity contribution in [2.24, 2.45) is 11.3 Å². The zero-order valence-electron chi connectivity index (χ0n) is 23.0. The van der Waals surface area contributed by atoms with Gasteiger partial charge in [-0.3, -0.25) is 19.3 Å². The van der Waals surface area contributed by atoms with Crippen LogP contribution >= 0.6 is 0 Å². The largest absolute Gasteiger partial charge is 0.454 e. The molecule has 2 saturated heterocycles. The first-order valence-electron chi connectivity index (χ1n) is 13.4. The third-order valence-electron chi connectivity index (χ3n) is 7.71. The van der Waals surface area contributed by atoms with Gasteiger partial charge in [-0.1, -0.05) is 33.3 Å². The van der Waals surface area contributed by atoms with Crippen LogP contribution in [0.1, 0.15) is 64.9 Å². The summed E-state index contributed by atoms with van der Waals surface area (Å²) in [5, 5.41) is 5.40. The van der Waals surface area contributed by atoms with E-state index in [1.807, 2.05) is 6.92 Å². The summed E-state index contributed by atoms with van der Waals surface area (Å²) in [5.74, 6) is -1.79. The van der Waals surface area contributed by atoms with Crippen LogP contribution < -0.4 is 10.6 Å². The average molecular weight is 563 g/mol. The van der Waals surface area contributed by atoms with E-state index in [-0.39, 0.29) is 16.2 Å². The first kappa shape index (κ1) is 29.0. The molecule has 2 aliphatic heterocycles. The highest BCUT2D eigenvalue weighted by molar-refractivity contribution is 7.89. The molecule has 2 atom stereocenters. The molecule has 12 heteroatoms. The topological polar surface area (TPSA) is 142 Å². The molecular weight excluding hydrogens is 524 g/mol. The van der Waals surface area contributed by atoms with Gasteiger partial charge in [0.15, 0.2) is 6.61 Å². The Balaban J connectivity index is 1.34. The molecule has 1 aliphatic carbocycles. The number of nitrogens with zero attached hydrogens (tertiary/aromatic N) is 2. The maximum absolute atomic E-state index is 13.2. The normalized spacial score (nSPS) is 25.4. The number of carbonyl (C=O) groups excluding carboxylic acids is 4. The minimum atomic E-state index is -3.69. The number of aryl methyl sites for hydroxylation is 1. The monoisotopic (exact) mass is 562 g/mol. The standard InChI is InChI=1S/C27H38N4O7S/c1-18-13-26(3,4)17-27(14-18)24(34)31(25(35)29-27)15-23(33)38-16-22(32)28-21-12-20(9-8-19(21)2)39(36,37)30-10-6-5-7-11-30/h8-9,12,18H,5-7,10-11,13-17H2,1-4H3,(H,28,32)(H,29,35)/t18-,27+/m0/s1. The van der Waals surface area contributed by atoms with Gasteiger partial charge in [0.2, 0.25) is 10.0 Å². The number of carbonyl (C=O) groups is 4. The number of ether oxygens (including phenoxy) is 1. The van der Waals surface area contributed by atoms with Crippen LogP contribution in [0, 0.1) is 18.3 Å². The summed E-state index contributed by atoms with van der Waals surface area (Å²) in [5.41, 5.74) is -0.245. The van der Waals surface area contributed by atoms with Gasteiger partial charge >= 0.3 is 12.0 Å². The Labute approximate surface area is 229 Å². The maximum Gasteiger partial charge on any atom is 0.326 e. The van der Waals surface area contributed by atoms with E-state index in [1.165, 1.54) is 16.4 Å². The quantitative estimate of drug-likeness (QED) is 0.384. The fraction of sp³-hybridized carbons (Fsp3) is 0.630. The van der Waals surface area contributed by atoms with Crippen molar-refractivity contribution >= 4 is 39.5 Å². The molecule has 4 amide bonds. The molecule has 3 aliphatic rings. The van der Waals surface area contributed by atoms with Gasteiger partial charge in [-0.05, 0) is 68.1 Å². The van der Waals surface area contributed by atoms with Crippen molar-refractivity contribution in [1.82, 2.24) is 14.5 Å². The fourth-order valence-electron chi connectivity index (χ4n) is 6.31. The first-order chi connectivity index (χ1) is 18.2. The third kappa shape index (κ3) is 6.27. The summed E-state index contributed by atoms with van der Waals surface area (Å²) in [4.78, 5) is 51.8. The highest BCUT2D eigenvalue weighted by Crippen LogP contribution is 2.46. The van der Waals surface area contributed by atoms with Gasteiger partial charge in [-0.15, -0.1) is 0 Å². The number of amides is 4. The number of hydrogen-bond donors (Lipinski definition) is 2. The summed E-state index contributed by atoms with van der Waals surface area (Å²) in [6.45, 7) is 7.54. The van der Waals surface area contributed by atoms with Crippen LogP contribution in [0.4, 0.5) is 10.5 Å². The lowest BCUT2D eigenvalue weighted by molar-refractivity contribution is -0.150. The number of imide groups is 1. The number of benzene rings is 1. The predicted octanol–water partition coefficient (Wildman–Crippen LogP) is 2.79. The van der Waals surface area contributed by atoms with E-state index in [4.69, 9.17) is 4.74 Å². The molecule has 0 unspecified atom stereocenters. The third-order valence-corrected chi connectivity index (χ3v) is 9.61. The van der Waals surface area contributed by atoms with Crippen LogP contribution in [0.25, 0.3) is 0 Å². The van der Waals surface area contributed by atoms with Crippen LogP contribution in [0.15, 0.2) is 23.1 Å².